The average Bonchev–Trinajstić information content (AvgIpc) is 2.45. The van der Waals surface area contributed by atoms with Crippen molar-refractivity contribution in [1.82, 2.24) is 9.88 Å². The quantitative estimate of drug-likeness (QED) is 0.797. The Labute approximate surface area is 123 Å². The Kier molecular flexibility index (Phi) is 3.33. The van der Waals surface area contributed by atoms with Gasteiger partial charge in [-0.25, -0.2) is 13.8 Å². The van der Waals surface area contributed by atoms with Gasteiger partial charge in [0.25, 0.3) is 5.92 Å². The summed E-state index contributed by atoms with van der Waals surface area (Å²) in [7, 11) is 0. The Morgan fingerprint density at radius 2 is 2.19 bits per heavy atom. The van der Waals surface area contributed by atoms with Crippen molar-refractivity contribution in [3.8, 4) is 6.07 Å². The van der Waals surface area contributed by atoms with Crippen LogP contribution < -0.4 is 4.90 Å². The summed E-state index contributed by atoms with van der Waals surface area (Å²) in [6, 6.07) is 3.31. The first-order valence-electron chi connectivity index (χ1n) is 7.21. The molecule has 1 saturated heterocycles. The highest BCUT2D eigenvalue weighted by Gasteiger charge is 2.47. The molecule has 21 heavy (non-hydrogen) atoms. The fourth-order valence-electron chi connectivity index (χ4n) is 3.22. The molecule has 0 N–H and O–H groups in total. The summed E-state index contributed by atoms with van der Waals surface area (Å²) in [5.41, 5.74) is 0.0866. The van der Waals surface area contributed by atoms with Crippen LogP contribution in [0.1, 0.15) is 31.4 Å². The average molecular weight is 292 g/mol. The Morgan fingerprint density at radius 3 is 2.86 bits per heavy atom. The number of alkyl halides is 2. The maximum Gasteiger partial charge on any atom is 0.278 e. The molecule has 0 bridgehead atoms. The summed E-state index contributed by atoms with van der Waals surface area (Å²) in [5.74, 6) is -2.57. The van der Waals surface area contributed by atoms with Crippen molar-refractivity contribution < 1.29 is 8.78 Å². The van der Waals surface area contributed by atoms with Crippen LogP contribution in [0.2, 0.25) is 0 Å². The second-order valence-corrected chi connectivity index (χ2v) is 6.05. The predicted molar refractivity (Wildman–Crippen MR) is 75.3 cm³/mol. The third kappa shape index (κ3) is 2.36. The minimum absolute atomic E-state index is 0.101. The summed E-state index contributed by atoms with van der Waals surface area (Å²) >= 11 is 0. The van der Waals surface area contributed by atoms with Crippen LogP contribution in [0.15, 0.2) is 12.3 Å². The molecule has 6 heteroatoms. The molecule has 1 atom stereocenters. The van der Waals surface area contributed by atoms with Gasteiger partial charge in [-0.15, -0.1) is 0 Å². The first-order chi connectivity index (χ1) is 9.92. The molecule has 1 unspecified atom stereocenters. The van der Waals surface area contributed by atoms with Gasteiger partial charge < -0.3 is 4.90 Å². The lowest BCUT2D eigenvalue weighted by molar-refractivity contribution is -0.0337. The molecular formula is C15H18F2N4. The summed E-state index contributed by atoms with van der Waals surface area (Å²) in [6.07, 6.45) is 1.17. The Balaban J connectivity index is 1.98. The number of aromatic nitrogens is 1. The summed E-state index contributed by atoms with van der Waals surface area (Å²) in [6.45, 7) is 6.35. The van der Waals surface area contributed by atoms with E-state index in [9.17, 15) is 8.78 Å². The Morgan fingerprint density at radius 1 is 1.43 bits per heavy atom. The van der Waals surface area contributed by atoms with Crippen LogP contribution in [0.5, 0.6) is 0 Å². The van der Waals surface area contributed by atoms with Crippen molar-refractivity contribution in [3.63, 3.8) is 0 Å². The zero-order valence-electron chi connectivity index (χ0n) is 12.2. The lowest BCUT2D eigenvalue weighted by Gasteiger charge is -2.48. The number of nitrogens with zero attached hydrogens (tertiary/aromatic N) is 4. The number of pyridine rings is 1. The van der Waals surface area contributed by atoms with Crippen LogP contribution in [0, 0.1) is 11.3 Å². The highest BCUT2D eigenvalue weighted by Crippen LogP contribution is 2.45. The minimum Gasteiger partial charge on any atom is -0.350 e. The van der Waals surface area contributed by atoms with E-state index >= 15 is 0 Å². The van der Waals surface area contributed by atoms with Crippen LogP contribution in [0.25, 0.3) is 0 Å². The zero-order chi connectivity index (χ0) is 15.2. The molecule has 112 valence electrons. The second-order valence-electron chi connectivity index (χ2n) is 6.05. The van der Waals surface area contributed by atoms with Gasteiger partial charge in [-0.3, -0.25) is 4.90 Å². The van der Waals surface area contributed by atoms with Crippen LogP contribution in [-0.2, 0) is 5.92 Å². The zero-order valence-corrected chi connectivity index (χ0v) is 12.2. The second kappa shape index (κ2) is 4.92. The molecule has 3 rings (SSSR count). The van der Waals surface area contributed by atoms with Crippen LogP contribution >= 0.6 is 0 Å². The van der Waals surface area contributed by atoms with Gasteiger partial charge in [-0.05, 0) is 19.9 Å². The van der Waals surface area contributed by atoms with Gasteiger partial charge in [-0.2, -0.15) is 5.26 Å². The van der Waals surface area contributed by atoms with E-state index in [-0.39, 0.29) is 23.6 Å². The number of anilines is 1. The molecule has 2 aliphatic rings. The SMILES string of the molecule is CC(C)N1CCN2c3ncc(C#N)cc3C(F)(F)CC2C1. The topological polar surface area (TPSA) is 43.2 Å². The molecule has 4 nitrogen and oxygen atoms in total. The lowest BCUT2D eigenvalue weighted by Crippen LogP contribution is -2.58. The van der Waals surface area contributed by atoms with Crippen LogP contribution in [0.4, 0.5) is 14.6 Å². The first-order valence-corrected chi connectivity index (χ1v) is 7.21. The normalized spacial score (nSPS) is 24.4. The number of rotatable bonds is 1. The molecule has 1 aromatic rings. The Bertz CT molecular complexity index is 594. The molecule has 0 spiro atoms. The van der Waals surface area contributed by atoms with E-state index in [0.29, 0.717) is 24.9 Å². The van der Waals surface area contributed by atoms with E-state index in [4.69, 9.17) is 5.26 Å². The standard InChI is InChI=1S/C15H18F2N4/c1-10(2)20-3-4-21-12(9-20)6-15(16,17)13-5-11(7-18)8-19-14(13)21/h5,8,10,12H,3-4,6,9H2,1-2H3. The monoisotopic (exact) mass is 292 g/mol. The molecule has 1 aromatic heterocycles. The van der Waals surface area contributed by atoms with Gasteiger partial charge in [0.1, 0.15) is 11.9 Å². The van der Waals surface area contributed by atoms with Crippen molar-refractivity contribution >= 4 is 5.82 Å². The molecule has 0 saturated carbocycles. The largest absolute Gasteiger partial charge is 0.350 e. The fraction of sp³-hybridized carbons (Fsp3) is 0.600. The molecule has 2 aliphatic heterocycles. The predicted octanol–water partition coefficient (Wildman–Crippen LogP) is 2.35. The first kappa shape index (κ1) is 14.2. The molecule has 3 heterocycles. The third-order valence-electron chi connectivity index (χ3n) is 4.40. The van der Waals surface area contributed by atoms with Crippen LogP contribution in [-0.4, -0.2) is 41.6 Å². The smallest absolute Gasteiger partial charge is 0.278 e. The molecule has 0 aliphatic carbocycles. The van der Waals surface area contributed by atoms with E-state index in [1.807, 2.05) is 11.0 Å². The van der Waals surface area contributed by atoms with Crippen molar-refractivity contribution in [2.24, 2.45) is 0 Å². The van der Waals surface area contributed by atoms with Gasteiger partial charge in [0.05, 0.1) is 11.1 Å². The van der Waals surface area contributed by atoms with E-state index < -0.39 is 5.92 Å². The van der Waals surface area contributed by atoms with Gasteiger partial charge in [0.15, 0.2) is 0 Å². The molecule has 0 amide bonds. The third-order valence-corrected chi connectivity index (χ3v) is 4.40. The fourth-order valence-corrected chi connectivity index (χ4v) is 3.22. The van der Waals surface area contributed by atoms with E-state index in [0.717, 1.165) is 6.54 Å². The summed E-state index contributed by atoms with van der Waals surface area (Å²) < 4.78 is 28.8. The highest BCUT2D eigenvalue weighted by atomic mass is 19.3. The van der Waals surface area contributed by atoms with Gasteiger partial charge in [0.2, 0.25) is 0 Å². The highest BCUT2D eigenvalue weighted by molar-refractivity contribution is 5.56. The minimum atomic E-state index is -2.92. The Hall–Kier alpha value is -1.74. The number of halogens is 2. The molecular weight excluding hydrogens is 274 g/mol. The van der Waals surface area contributed by atoms with Crippen molar-refractivity contribution in [2.75, 3.05) is 24.5 Å². The van der Waals surface area contributed by atoms with E-state index in [1.165, 1.54) is 12.3 Å². The van der Waals surface area contributed by atoms with Gasteiger partial charge in [-0.1, -0.05) is 0 Å². The number of fused-ring (bicyclic) bond motifs is 3. The summed E-state index contributed by atoms with van der Waals surface area (Å²) in [5, 5.41) is 8.88. The van der Waals surface area contributed by atoms with Crippen LogP contribution in [0.3, 0.4) is 0 Å². The van der Waals surface area contributed by atoms with Gasteiger partial charge in [0, 0.05) is 44.3 Å². The van der Waals surface area contributed by atoms with Gasteiger partial charge >= 0.3 is 0 Å². The summed E-state index contributed by atoms with van der Waals surface area (Å²) in [4.78, 5) is 8.35. The molecule has 1 fully saturated rings. The van der Waals surface area contributed by atoms with Crippen molar-refractivity contribution in [2.45, 2.75) is 38.3 Å². The number of piperazine rings is 1. The van der Waals surface area contributed by atoms with Crippen molar-refractivity contribution in [3.05, 3.63) is 23.4 Å². The lowest BCUT2D eigenvalue weighted by atomic mass is 9.92. The number of hydrogen-bond acceptors (Lipinski definition) is 4. The maximum atomic E-state index is 14.4. The number of nitriles is 1. The van der Waals surface area contributed by atoms with E-state index in [2.05, 4.69) is 23.7 Å². The van der Waals surface area contributed by atoms with E-state index in [1.54, 1.807) is 0 Å². The maximum absolute atomic E-state index is 14.4. The molecule has 0 aromatic carbocycles. The number of hydrogen-bond donors (Lipinski definition) is 0. The molecule has 0 radical (unpaired) electrons. The van der Waals surface area contributed by atoms with Crippen molar-refractivity contribution in [1.29, 1.82) is 5.26 Å².